The summed E-state index contributed by atoms with van der Waals surface area (Å²) >= 11 is 7.34. The molecule has 0 N–H and O–H groups in total. The summed E-state index contributed by atoms with van der Waals surface area (Å²) in [6.45, 7) is 6.54. The second kappa shape index (κ2) is 6.42. The van der Waals surface area contributed by atoms with Crippen LogP contribution < -0.4 is 0 Å². The molecule has 0 aliphatic rings. The Bertz CT molecular complexity index is 159. The lowest BCUT2D eigenvalue weighted by Crippen LogP contribution is -1.93. The van der Waals surface area contributed by atoms with Gasteiger partial charge in [0.15, 0.2) is 0 Å². The van der Waals surface area contributed by atoms with E-state index in [0.717, 1.165) is 6.16 Å². The maximum absolute atomic E-state index is 5.50. The van der Waals surface area contributed by atoms with E-state index in [1.807, 2.05) is 11.4 Å². The second-order valence-electron chi connectivity index (χ2n) is 3.02. The molecule has 0 aliphatic heterocycles. The Morgan fingerprint density at radius 2 is 2.08 bits per heavy atom. The van der Waals surface area contributed by atoms with Crippen molar-refractivity contribution in [1.82, 2.24) is 0 Å². The number of hydrogen-bond donors (Lipinski definition) is 0. The molecule has 0 aromatic rings. The van der Waals surface area contributed by atoms with Crippen LogP contribution in [0.3, 0.4) is 0 Å². The van der Waals surface area contributed by atoms with Crippen LogP contribution in [0.4, 0.5) is 0 Å². The number of rotatable bonds is 6. The molecular formula is C8H19OPS2. The molecule has 1 atom stereocenters. The summed E-state index contributed by atoms with van der Waals surface area (Å²) < 4.78 is 5.44. The largest absolute Gasteiger partial charge is 0.345 e. The van der Waals surface area contributed by atoms with E-state index in [1.165, 1.54) is 12.8 Å². The molecule has 0 saturated heterocycles. The standard InChI is InChI=1S/C8H19OPS2/c1-5-6-7-10(11,9-4)12-8(2)3/h8H,5-7H2,1-4H3. The average Bonchev–Trinajstić information content (AvgIpc) is 2.00. The minimum atomic E-state index is -1.52. The Morgan fingerprint density at radius 3 is 2.42 bits per heavy atom. The molecule has 1 nitrogen and oxygen atoms in total. The normalized spacial score (nSPS) is 16.4. The minimum absolute atomic E-state index is 0.590. The van der Waals surface area contributed by atoms with Crippen molar-refractivity contribution in [3.05, 3.63) is 0 Å². The topological polar surface area (TPSA) is 9.23 Å². The van der Waals surface area contributed by atoms with E-state index in [9.17, 15) is 0 Å². The zero-order valence-electron chi connectivity index (χ0n) is 8.37. The summed E-state index contributed by atoms with van der Waals surface area (Å²) in [6, 6.07) is 0. The zero-order chi connectivity index (χ0) is 9.61. The van der Waals surface area contributed by atoms with Crippen molar-refractivity contribution < 1.29 is 4.52 Å². The Hall–Kier alpha value is 0.960. The van der Waals surface area contributed by atoms with E-state index >= 15 is 0 Å². The van der Waals surface area contributed by atoms with Crippen LogP contribution in [0.25, 0.3) is 0 Å². The first kappa shape index (κ1) is 13.0. The van der Waals surface area contributed by atoms with Gasteiger partial charge in [0.05, 0.1) is 0 Å². The fraction of sp³-hybridized carbons (Fsp3) is 1.00. The first-order valence-corrected chi connectivity index (χ1v) is 8.76. The lowest BCUT2D eigenvalue weighted by molar-refractivity contribution is 0.468. The van der Waals surface area contributed by atoms with Crippen LogP contribution in [-0.2, 0) is 16.3 Å². The van der Waals surface area contributed by atoms with E-state index in [2.05, 4.69) is 20.8 Å². The summed E-state index contributed by atoms with van der Waals surface area (Å²) in [7, 11) is 1.76. The molecule has 0 amide bonds. The molecule has 0 aliphatic carbocycles. The van der Waals surface area contributed by atoms with Gasteiger partial charge < -0.3 is 4.52 Å². The van der Waals surface area contributed by atoms with Crippen LogP contribution in [0.15, 0.2) is 0 Å². The van der Waals surface area contributed by atoms with Gasteiger partial charge >= 0.3 is 0 Å². The summed E-state index contributed by atoms with van der Waals surface area (Å²) in [5.41, 5.74) is -1.52. The van der Waals surface area contributed by atoms with Gasteiger partial charge in [0.1, 0.15) is 5.47 Å². The van der Waals surface area contributed by atoms with Crippen molar-refractivity contribution in [1.29, 1.82) is 0 Å². The van der Waals surface area contributed by atoms with Crippen LogP contribution in [-0.4, -0.2) is 18.5 Å². The highest BCUT2D eigenvalue weighted by atomic mass is 32.9. The van der Waals surface area contributed by atoms with E-state index < -0.39 is 5.47 Å². The molecular weight excluding hydrogens is 207 g/mol. The lowest BCUT2D eigenvalue weighted by Gasteiger charge is -2.20. The van der Waals surface area contributed by atoms with Crippen molar-refractivity contribution in [2.24, 2.45) is 0 Å². The van der Waals surface area contributed by atoms with E-state index in [0.29, 0.717) is 5.25 Å². The highest BCUT2D eigenvalue weighted by Gasteiger charge is 2.17. The van der Waals surface area contributed by atoms with Gasteiger partial charge in [-0.2, -0.15) is 0 Å². The molecule has 74 valence electrons. The Morgan fingerprint density at radius 1 is 1.50 bits per heavy atom. The monoisotopic (exact) mass is 226 g/mol. The van der Waals surface area contributed by atoms with Gasteiger partial charge in [-0.1, -0.05) is 50.4 Å². The molecule has 0 radical (unpaired) electrons. The summed E-state index contributed by atoms with van der Waals surface area (Å²) in [4.78, 5) is 0. The van der Waals surface area contributed by atoms with Crippen molar-refractivity contribution in [2.45, 2.75) is 38.9 Å². The third-order valence-corrected chi connectivity index (χ3v) is 8.59. The first-order chi connectivity index (χ1) is 5.54. The first-order valence-electron chi connectivity index (χ1n) is 4.37. The Labute approximate surface area is 85.5 Å². The predicted molar refractivity (Wildman–Crippen MR) is 63.8 cm³/mol. The molecule has 0 rings (SSSR count). The lowest BCUT2D eigenvalue weighted by atomic mass is 10.4. The highest BCUT2D eigenvalue weighted by Crippen LogP contribution is 2.61. The summed E-state index contributed by atoms with van der Waals surface area (Å²) in [6.07, 6.45) is 3.49. The molecule has 12 heavy (non-hydrogen) atoms. The Balaban J connectivity index is 3.96. The molecule has 0 bridgehead atoms. The molecule has 0 saturated carbocycles. The number of hydrogen-bond acceptors (Lipinski definition) is 3. The van der Waals surface area contributed by atoms with Gasteiger partial charge in [0.25, 0.3) is 0 Å². The third kappa shape index (κ3) is 5.58. The van der Waals surface area contributed by atoms with Gasteiger partial charge in [-0.05, 0) is 6.42 Å². The van der Waals surface area contributed by atoms with Gasteiger partial charge in [-0.25, -0.2) is 0 Å². The minimum Gasteiger partial charge on any atom is -0.345 e. The van der Waals surface area contributed by atoms with Crippen LogP contribution >= 0.6 is 16.8 Å². The maximum Gasteiger partial charge on any atom is 0.119 e. The average molecular weight is 226 g/mol. The molecule has 0 aromatic carbocycles. The zero-order valence-corrected chi connectivity index (χ0v) is 10.9. The van der Waals surface area contributed by atoms with Crippen LogP contribution in [0.5, 0.6) is 0 Å². The fourth-order valence-electron chi connectivity index (χ4n) is 0.860. The Kier molecular flexibility index (Phi) is 6.93. The smallest absolute Gasteiger partial charge is 0.119 e. The highest BCUT2D eigenvalue weighted by molar-refractivity contribution is 8.69. The summed E-state index contributed by atoms with van der Waals surface area (Å²) in [5.74, 6) is 0. The molecule has 0 fully saturated rings. The third-order valence-electron chi connectivity index (χ3n) is 1.44. The van der Waals surface area contributed by atoms with Crippen molar-refractivity contribution >= 4 is 28.7 Å². The van der Waals surface area contributed by atoms with Crippen molar-refractivity contribution in [2.75, 3.05) is 13.3 Å². The number of unbranched alkanes of at least 4 members (excludes halogenated alkanes) is 1. The molecule has 1 unspecified atom stereocenters. The quantitative estimate of drug-likeness (QED) is 0.636. The van der Waals surface area contributed by atoms with Crippen molar-refractivity contribution in [3.63, 3.8) is 0 Å². The van der Waals surface area contributed by atoms with Gasteiger partial charge in [0, 0.05) is 18.5 Å². The molecule has 0 aromatic heterocycles. The SMILES string of the molecule is CCCCP(=S)(OC)SC(C)C. The van der Waals surface area contributed by atoms with E-state index in [1.54, 1.807) is 7.11 Å². The van der Waals surface area contributed by atoms with Gasteiger partial charge in [-0.15, -0.1) is 0 Å². The summed E-state index contributed by atoms with van der Waals surface area (Å²) in [5, 5.41) is 0.590. The maximum atomic E-state index is 5.50. The van der Waals surface area contributed by atoms with Crippen LogP contribution in [0.2, 0.25) is 0 Å². The second-order valence-corrected chi connectivity index (χ2v) is 11.1. The van der Waals surface area contributed by atoms with Crippen LogP contribution in [0, 0.1) is 0 Å². The van der Waals surface area contributed by atoms with Crippen LogP contribution in [0.1, 0.15) is 33.6 Å². The molecule has 0 spiro atoms. The fourth-order valence-corrected chi connectivity index (χ4v) is 7.41. The molecule has 4 heteroatoms. The van der Waals surface area contributed by atoms with E-state index in [4.69, 9.17) is 16.3 Å². The van der Waals surface area contributed by atoms with Gasteiger partial charge in [0.2, 0.25) is 0 Å². The van der Waals surface area contributed by atoms with E-state index in [-0.39, 0.29) is 0 Å². The van der Waals surface area contributed by atoms with Gasteiger partial charge in [-0.3, -0.25) is 0 Å². The van der Waals surface area contributed by atoms with Crippen molar-refractivity contribution in [3.8, 4) is 0 Å². The predicted octanol–water partition coefficient (Wildman–Crippen LogP) is 3.88. The molecule has 0 heterocycles.